The molecule has 0 fully saturated rings. The van der Waals surface area contributed by atoms with Crippen LogP contribution in [0.2, 0.25) is 0 Å². The van der Waals surface area contributed by atoms with Crippen LogP contribution in [0.25, 0.3) is 4.98 Å². The zero-order valence-corrected chi connectivity index (χ0v) is 22.1. The second-order valence-corrected chi connectivity index (χ2v) is 8.68. The lowest BCUT2D eigenvalue weighted by molar-refractivity contribution is 0.103. The minimum absolute atomic E-state index is 0.257. The van der Waals surface area contributed by atoms with E-state index in [1.165, 1.54) is 12.1 Å². The first-order valence-corrected chi connectivity index (χ1v) is 12.9. The summed E-state index contributed by atoms with van der Waals surface area (Å²) in [6.45, 7) is 7.11. The summed E-state index contributed by atoms with van der Waals surface area (Å²) in [4.78, 5) is 14.8. The number of nitrogens with zero attached hydrogens (tertiary/aromatic N) is 2. The van der Waals surface area contributed by atoms with Crippen LogP contribution in [0.5, 0.6) is 28.7 Å². The van der Waals surface area contributed by atoms with Crippen molar-refractivity contribution in [3.8, 4) is 28.7 Å². The molecule has 0 bridgehead atoms. The lowest BCUT2D eigenvalue weighted by Crippen LogP contribution is -2.07. The Morgan fingerprint density at radius 1 is 0.921 bits per heavy atom. The molecule has 0 radical (unpaired) electrons. The smallest absolute Gasteiger partial charge is 0.467 e. The van der Waals surface area contributed by atoms with Crippen LogP contribution in [0.1, 0.15) is 36.7 Å². The fraction of sp³-hybridized carbons (Fsp3) is 0.269. The zero-order valence-electron chi connectivity index (χ0n) is 21.3. The lowest BCUT2D eigenvalue weighted by Gasteiger charge is -2.14. The highest BCUT2D eigenvalue weighted by Gasteiger charge is 2.25. The van der Waals surface area contributed by atoms with Crippen molar-refractivity contribution < 1.29 is 41.8 Å². The molecule has 1 N–H and O–H groups in total. The van der Waals surface area contributed by atoms with E-state index < -0.39 is 26.5 Å². The van der Waals surface area contributed by atoms with Crippen LogP contribution >= 0.6 is 0 Å². The van der Waals surface area contributed by atoms with Gasteiger partial charge in [0.25, 0.3) is 0 Å². The minimum atomic E-state index is -4.84. The molecule has 202 valence electrons. The number of phenols is 1. The van der Waals surface area contributed by atoms with Gasteiger partial charge in [-0.05, 0) is 26.8 Å². The van der Waals surface area contributed by atoms with Gasteiger partial charge in [0.2, 0.25) is 16.9 Å². The first-order valence-electron chi connectivity index (χ1n) is 11.5. The number of aromatic hydroxyl groups is 1. The molecule has 0 aliphatic rings. The Labute approximate surface area is 220 Å². The monoisotopic (exact) mass is 544 g/mol. The molecule has 0 aliphatic carbocycles. The summed E-state index contributed by atoms with van der Waals surface area (Å²) in [5.41, 5.74) is 0.265. The zero-order chi connectivity index (χ0) is 28.3. The quantitative estimate of drug-likeness (QED) is 0.211. The van der Waals surface area contributed by atoms with Gasteiger partial charge in [0, 0.05) is 23.8 Å². The van der Waals surface area contributed by atoms with Gasteiger partial charge in [-0.1, -0.05) is 30.3 Å². The fourth-order valence-corrected chi connectivity index (χ4v) is 3.92. The van der Waals surface area contributed by atoms with Gasteiger partial charge >= 0.3 is 5.69 Å². The van der Waals surface area contributed by atoms with Crippen molar-refractivity contribution in [2.75, 3.05) is 26.9 Å². The third kappa shape index (κ3) is 7.58. The second kappa shape index (κ2) is 13.8. The number of hydrogen-bond donors (Lipinski definition) is 1. The summed E-state index contributed by atoms with van der Waals surface area (Å²) in [6, 6.07) is 13.1. The topological polar surface area (TPSA) is 160 Å². The van der Waals surface area contributed by atoms with Crippen LogP contribution < -0.4 is 18.9 Å². The van der Waals surface area contributed by atoms with Crippen LogP contribution in [-0.4, -0.2) is 50.8 Å². The Bertz CT molecular complexity index is 1380. The van der Waals surface area contributed by atoms with Crippen molar-refractivity contribution in [2.24, 2.45) is 0 Å². The van der Waals surface area contributed by atoms with E-state index in [-0.39, 0.29) is 22.6 Å². The molecule has 11 nitrogen and oxygen atoms in total. The molecule has 0 heterocycles. The van der Waals surface area contributed by atoms with Crippen molar-refractivity contribution in [2.45, 2.75) is 25.7 Å². The summed E-state index contributed by atoms with van der Waals surface area (Å²) in [5.74, 6) is 0.154. The number of diazo groups is 1. The Kier molecular flexibility index (Phi) is 10.9. The van der Waals surface area contributed by atoms with Gasteiger partial charge < -0.3 is 28.6 Å². The second-order valence-electron chi connectivity index (χ2n) is 7.34. The van der Waals surface area contributed by atoms with E-state index in [1.807, 2.05) is 20.8 Å². The molecule has 3 rings (SSSR count). The van der Waals surface area contributed by atoms with E-state index in [4.69, 9.17) is 24.3 Å². The largest absolute Gasteiger partial charge is 0.744 e. The SMILES string of the molecule is CCOc1cc(OCC)c([N+]#N)c(OCC)c1.COc1cc(O)c(C(=O)c2ccccc2)cc1S(=O)(=O)[O-]. The molecule has 0 saturated carbocycles. The fourth-order valence-electron chi connectivity index (χ4n) is 3.27. The predicted molar refractivity (Wildman–Crippen MR) is 137 cm³/mol. The summed E-state index contributed by atoms with van der Waals surface area (Å²) in [7, 11) is -3.68. The highest BCUT2D eigenvalue weighted by molar-refractivity contribution is 7.85. The Morgan fingerprint density at radius 3 is 1.92 bits per heavy atom. The van der Waals surface area contributed by atoms with Gasteiger partial charge in [-0.2, -0.15) is 0 Å². The summed E-state index contributed by atoms with van der Waals surface area (Å²) in [5, 5.41) is 18.8. The first kappa shape index (κ1) is 29.9. The van der Waals surface area contributed by atoms with Crippen molar-refractivity contribution in [1.82, 2.24) is 0 Å². The number of hydrogen-bond acceptors (Lipinski definition) is 10. The maximum atomic E-state index is 12.2. The summed E-state index contributed by atoms with van der Waals surface area (Å²) < 4.78 is 54.5. The molecule has 0 spiro atoms. The number of carbonyl (C=O) groups excluding carboxylic acids is 1. The van der Waals surface area contributed by atoms with Crippen molar-refractivity contribution in [3.63, 3.8) is 0 Å². The number of benzene rings is 3. The van der Waals surface area contributed by atoms with E-state index in [9.17, 15) is 22.9 Å². The Morgan fingerprint density at radius 2 is 1.47 bits per heavy atom. The van der Waals surface area contributed by atoms with E-state index in [2.05, 4.69) is 4.98 Å². The minimum Gasteiger partial charge on any atom is -0.744 e. The van der Waals surface area contributed by atoms with E-state index in [0.29, 0.717) is 37.1 Å². The average molecular weight is 545 g/mol. The molecule has 0 amide bonds. The number of ketones is 1. The summed E-state index contributed by atoms with van der Waals surface area (Å²) in [6.07, 6.45) is 0. The maximum Gasteiger partial charge on any atom is 0.467 e. The molecule has 38 heavy (non-hydrogen) atoms. The van der Waals surface area contributed by atoms with Crippen LogP contribution in [0.3, 0.4) is 0 Å². The number of phenolic OH excluding ortho intramolecular Hbond substituents is 1. The highest BCUT2D eigenvalue weighted by atomic mass is 32.2. The number of carbonyl (C=O) groups is 1. The van der Waals surface area contributed by atoms with Crippen LogP contribution in [0.4, 0.5) is 5.69 Å². The van der Waals surface area contributed by atoms with Gasteiger partial charge in [0.15, 0.2) is 10.8 Å². The molecule has 12 heteroatoms. The van der Waals surface area contributed by atoms with Crippen LogP contribution in [0.15, 0.2) is 59.5 Å². The van der Waals surface area contributed by atoms with Gasteiger partial charge in [0.05, 0.1) is 37.4 Å². The maximum absolute atomic E-state index is 12.2. The van der Waals surface area contributed by atoms with Crippen molar-refractivity contribution in [1.29, 1.82) is 5.39 Å². The highest BCUT2D eigenvalue weighted by Crippen LogP contribution is 2.41. The molecule has 3 aromatic rings. The van der Waals surface area contributed by atoms with E-state index >= 15 is 0 Å². The van der Waals surface area contributed by atoms with Crippen LogP contribution in [-0.2, 0) is 10.1 Å². The van der Waals surface area contributed by atoms with Crippen molar-refractivity contribution in [3.05, 3.63) is 70.7 Å². The summed E-state index contributed by atoms with van der Waals surface area (Å²) >= 11 is 0. The molecular formula is C26H28N2O9S. The third-order valence-corrected chi connectivity index (χ3v) is 5.71. The molecule has 3 aromatic carbocycles. The van der Waals surface area contributed by atoms with Gasteiger partial charge in [-0.3, -0.25) is 4.79 Å². The Balaban J connectivity index is 0.000000273. The van der Waals surface area contributed by atoms with Gasteiger partial charge in [0.1, 0.15) is 27.4 Å². The lowest BCUT2D eigenvalue weighted by atomic mass is 10.0. The number of ether oxygens (including phenoxy) is 4. The van der Waals surface area contributed by atoms with Gasteiger partial charge in [-0.15, -0.1) is 0 Å². The predicted octanol–water partition coefficient (Wildman–Crippen LogP) is 4.90. The molecule has 0 saturated heterocycles. The van der Waals surface area contributed by atoms with Crippen LogP contribution in [0, 0.1) is 5.39 Å². The van der Waals surface area contributed by atoms with E-state index in [0.717, 1.165) is 19.2 Å². The van der Waals surface area contributed by atoms with Gasteiger partial charge in [-0.25, -0.2) is 8.42 Å². The number of methoxy groups -OCH3 is 1. The molecule has 0 atom stereocenters. The standard InChI is InChI=1S/C14H12O6S.C12H17N2O3/c1-20-12-8-11(15)10(7-13(12)21(17,18)19)14(16)9-5-3-2-4-6-9;1-4-15-9-7-10(16-5-2)12(14-13)11(8-9)17-6-3/h2-8,15H,1H3,(H,17,18,19);7-8H,4-6H2,1-3H3/q;+1/p-1. The van der Waals surface area contributed by atoms with Crippen molar-refractivity contribution >= 4 is 21.6 Å². The average Bonchev–Trinajstić information content (AvgIpc) is 2.89. The molecule has 0 unspecified atom stereocenters. The third-order valence-electron chi connectivity index (χ3n) is 4.86. The first-order chi connectivity index (χ1) is 18.1. The molecular weight excluding hydrogens is 516 g/mol. The number of rotatable bonds is 10. The molecule has 0 aromatic heterocycles. The molecule has 0 aliphatic heterocycles. The normalized spacial score (nSPS) is 10.4. The Hall–Kier alpha value is -4.34. The van der Waals surface area contributed by atoms with E-state index in [1.54, 1.807) is 30.3 Å².